The Bertz CT molecular complexity index is 1990. The summed E-state index contributed by atoms with van der Waals surface area (Å²) in [5, 5.41) is 10.7. The van der Waals surface area contributed by atoms with Crippen LogP contribution in [-0.2, 0) is 65.4 Å². The highest BCUT2D eigenvalue weighted by Gasteiger charge is 2.30. The smallest absolute Gasteiger partial charge is 0.462 e. The first kappa shape index (κ1) is 101. The number of esters is 4. The van der Waals surface area contributed by atoms with Crippen LogP contribution in [0, 0.1) is 17.8 Å². The van der Waals surface area contributed by atoms with E-state index in [4.69, 9.17) is 37.0 Å². The Morgan fingerprint density at radius 2 is 0.495 bits per heavy atom. The van der Waals surface area contributed by atoms with Gasteiger partial charge in [0.1, 0.15) is 19.3 Å². The Balaban J connectivity index is 5.23. The van der Waals surface area contributed by atoms with Gasteiger partial charge in [0.15, 0.2) is 12.2 Å². The van der Waals surface area contributed by atoms with Gasteiger partial charge in [-0.2, -0.15) is 0 Å². The third-order valence-corrected chi connectivity index (χ3v) is 21.9. The van der Waals surface area contributed by atoms with Crippen molar-refractivity contribution < 1.29 is 80.2 Å². The Hall–Kier alpha value is -1.94. The molecule has 0 saturated carbocycles. The molecular formula is C84H164O17P2. The molecule has 0 fully saturated rings. The topological polar surface area (TPSA) is 237 Å². The number of rotatable bonds is 82. The molecule has 6 atom stereocenters. The van der Waals surface area contributed by atoms with E-state index in [1.165, 1.54) is 250 Å². The molecule has 0 saturated heterocycles. The van der Waals surface area contributed by atoms with Crippen molar-refractivity contribution >= 4 is 39.5 Å². The van der Waals surface area contributed by atoms with Gasteiger partial charge in [0.05, 0.1) is 26.4 Å². The predicted molar refractivity (Wildman–Crippen MR) is 423 cm³/mol. The molecule has 0 aromatic carbocycles. The van der Waals surface area contributed by atoms with Gasteiger partial charge in [-0.1, -0.05) is 389 Å². The molecule has 103 heavy (non-hydrogen) atoms. The molecule has 3 unspecified atom stereocenters. The minimum atomic E-state index is -4.96. The van der Waals surface area contributed by atoms with Crippen LogP contribution in [0.25, 0.3) is 0 Å². The second-order valence-corrected chi connectivity index (χ2v) is 34.3. The summed E-state index contributed by atoms with van der Waals surface area (Å²) in [7, 11) is -9.92. The van der Waals surface area contributed by atoms with E-state index in [1.54, 1.807) is 0 Å². The zero-order valence-corrected chi connectivity index (χ0v) is 69.6. The number of unbranched alkanes of at least 4 members (excludes halogenated alkanes) is 49. The molecule has 0 aromatic rings. The Labute approximate surface area is 632 Å². The number of hydrogen-bond donors (Lipinski definition) is 3. The van der Waals surface area contributed by atoms with E-state index in [2.05, 4.69) is 48.5 Å². The second-order valence-electron chi connectivity index (χ2n) is 31.4. The molecule has 0 aromatic heterocycles. The number of hydrogen-bond acceptors (Lipinski definition) is 15. The number of carbonyl (C=O) groups excluding carboxylic acids is 4. The third kappa shape index (κ3) is 76.6. The van der Waals surface area contributed by atoms with E-state index in [0.29, 0.717) is 25.7 Å². The van der Waals surface area contributed by atoms with Gasteiger partial charge in [-0.25, -0.2) is 9.13 Å². The van der Waals surface area contributed by atoms with E-state index < -0.39 is 97.5 Å². The lowest BCUT2D eigenvalue weighted by atomic mass is 9.99. The van der Waals surface area contributed by atoms with Crippen LogP contribution in [0.5, 0.6) is 0 Å². The van der Waals surface area contributed by atoms with Crippen molar-refractivity contribution in [2.45, 2.75) is 458 Å². The Morgan fingerprint density at radius 3 is 0.738 bits per heavy atom. The summed E-state index contributed by atoms with van der Waals surface area (Å²) in [5.74, 6) is 0.315. The molecule has 17 nitrogen and oxygen atoms in total. The average Bonchev–Trinajstić information content (AvgIpc) is 0.911. The fourth-order valence-corrected chi connectivity index (χ4v) is 14.6. The van der Waals surface area contributed by atoms with Crippen LogP contribution in [0.4, 0.5) is 0 Å². The van der Waals surface area contributed by atoms with Crippen LogP contribution in [0.3, 0.4) is 0 Å². The molecular weight excluding hydrogens is 1340 g/mol. The second kappa shape index (κ2) is 74.2. The quantitative estimate of drug-likeness (QED) is 0.0222. The van der Waals surface area contributed by atoms with Gasteiger partial charge in [-0.05, 0) is 43.4 Å². The normalized spacial score (nSPS) is 14.2. The van der Waals surface area contributed by atoms with Crippen LogP contribution < -0.4 is 0 Å². The highest BCUT2D eigenvalue weighted by atomic mass is 31.2. The number of aliphatic hydroxyl groups excluding tert-OH is 1. The van der Waals surface area contributed by atoms with Crippen LogP contribution >= 0.6 is 15.6 Å². The van der Waals surface area contributed by atoms with Crippen LogP contribution in [0.15, 0.2) is 0 Å². The minimum absolute atomic E-state index is 0.106. The van der Waals surface area contributed by atoms with E-state index >= 15 is 0 Å². The monoisotopic (exact) mass is 1510 g/mol. The lowest BCUT2D eigenvalue weighted by molar-refractivity contribution is -0.161. The van der Waals surface area contributed by atoms with Crippen molar-refractivity contribution in [3.8, 4) is 0 Å². The highest BCUT2D eigenvalue weighted by Crippen LogP contribution is 2.45. The SMILES string of the molecule is CCCCCCCCCCCCCC(=O)OC[C@H](COP(=O)(O)OC[C@H](O)COP(=O)(O)OC[C@@H](COC(=O)CCCCCCCCCCCCCCCCC(C)C)OC(=O)CCCCCCCCCCCCCCCCCCCCC(C)CC)OC(=O)CCCCCCCCCCCCC(C)C. The molecule has 0 aliphatic carbocycles. The number of aliphatic hydroxyl groups is 1. The molecule has 0 bridgehead atoms. The summed E-state index contributed by atoms with van der Waals surface area (Å²) >= 11 is 0. The maximum atomic E-state index is 13.1. The van der Waals surface area contributed by atoms with E-state index in [1.807, 2.05) is 0 Å². The fraction of sp³-hybridized carbons (Fsp3) is 0.952. The minimum Gasteiger partial charge on any atom is -0.462 e. The van der Waals surface area contributed by atoms with Crippen molar-refractivity contribution in [2.24, 2.45) is 17.8 Å². The summed E-state index contributed by atoms with van der Waals surface area (Å²) in [6.07, 6.45) is 63.8. The van der Waals surface area contributed by atoms with E-state index in [9.17, 15) is 43.2 Å². The van der Waals surface area contributed by atoms with Crippen LogP contribution in [0.1, 0.15) is 440 Å². The first-order chi connectivity index (χ1) is 49.8. The van der Waals surface area contributed by atoms with Crippen molar-refractivity contribution in [1.29, 1.82) is 0 Å². The van der Waals surface area contributed by atoms with Crippen LogP contribution in [0.2, 0.25) is 0 Å². The van der Waals surface area contributed by atoms with Gasteiger partial charge in [0, 0.05) is 25.7 Å². The first-order valence-corrected chi connectivity index (χ1v) is 46.4. The van der Waals surface area contributed by atoms with Crippen molar-refractivity contribution in [1.82, 2.24) is 0 Å². The number of phosphoric acid groups is 2. The predicted octanol–water partition coefficient (Wildman–Crippen LogP) is 25.3. The number of ether oxygens (including phenoxy) is 4. The van der Waals surface area contributed by atoms with Gasteiger partial charge in [-0.15, -0.1) is 0 Å². The number of phosphoric ester groups is 2. The van der Waals surface area contributed by atoms with Gasteiger partial charge < -0.3 is 33.8 Å². The lowest BCUT2D eigenvalue weighted by Crippen LogP contribution is -2.30. The largest absolute Gasteiger partial charge is 0.472 e. The molecule has 0 amide bonds. The standard InChI is InChI=1S/C84H164O17P2/c1-8-10-11-12-13-14-27-37-44-51-58-65-81(86)94-71-80(101-84(89)68-61-54-47-40-33-32-35-42-49-56-63-76(5)6)74-99-103(92,93)97-70-78(85)69-96-102(90,91)98-73-79(72-95-82(87)66-59-52-45-38-30-25-22-21-23-28-34-41-48-55-62-75(3)4)100-83(88)67-60-53-46-39-31-26-20-18-16-15-17-19-24-29-36-43-50-57-64-77(7)9-2/h75-80,85H,8-74H2,1-7H3,(H,90,91)(H,92,93)/t77?,78-,79-,80-/m1/s1. The summed E-state index contributed by atoms with van der Waals surface area (Å²) in [4.78, 5) is 73.1. The van der Waals surface area contributed by atoms with Gasteiger partial charge >= 0.3 is 39.5 Å². The van der Waals surface area contributed by atoms with Crippen molar-refractivity contribution in [3.05, 3.63) is 0 Å². The Morgan fingerprint density at radius 1 is 0.282 bits per heavy atom. The molecule has 0 aliphatic heterocycles. The molecule has 19 heteroatoms. The summed E-state index contributed by atoms with van der Waals surface area (Å²) in [6.45, 7) is 12.0. The fourth-order valence-electron chi connectivity index (χ4n) is 13.0. The molecule has 3 N–H and O–H groups in total. The van der Waals surface area contributed by atoms with Crippen molar-refractivity contribution in [2.75, 3.05) is 39.6 Å². The van der Waals surface area contributed by atoms with Gasteiger partial charge in [0.25, 0.3) is 0 Å². The summed E-state index contributed by atoms with van der Waals surface area (Å²) < 4.78 is 68.8. The molecule has 612 valence electrons. The Kier molecular flexibility index (Phi) is 72.8. The van der Waals surface area contributed by atoms with Crippen LogP contribution in [-0.4, -0.2) is 96.7 Å². The molecule has 0 heterocycles. The maximum Gasteiger partial charge on any atom is 0.472 e. The molecule has 0 radical (unpaired) electrons. The lowest BCUT2D eigenvalue weighted by Gasteiger charge is -2.21. The average molecular weight is 1510 g/mol. The zero-order chi connectivity index (χ0) is 75.8. The van der Waals surface area contributed by atoms with Gasteiger partial charge in [-0.3, -0.25) is 37.3 Å². The van der Waals surface area contributed by atoms with Crippen molar-refractivity contribution in [3.63, 3.8) is 0 Å². The zero-order valence-electron chi connectivity index (χ0n) is 67.8. The summed E-state index contributed by atoms with van der Waals surface area (Å²) in [6, 6.07) is 0. The number of carbonyl (C=O) groups is 4. The third-order valence-electron chi connectivity index (χ3n) is 20.0. The van der Waals surface area contributed by atoms with Gasteiger partial charge in [0.2, 0.25) is 0 Å². The molecule has 0 rings (SSSR count). The molecule has 0 aliphatic rings. The van der Waals surface area contributed by atoms with E-state index in [-0.39, 0.29) is 25.7 Å². The van der Waals surface area contributed by atoms with E-state index in [0.717, 1.165) is 108 Å². The molecule has 0 spiro atoms. The summed E-state index contributed by atoms with van der Waals surface area (Å²) in [5.41, 5.74) is 0. The highest BCUT2D eigenvalue weighted by molar-refractivity contribution is 7.47. The maximum absolute atomic E-state index is 13.1. The first-order valence-electron chi connectivity index (χ1n) is 43.4.